The van der Waals surface area contributed by atoms with Gasteiger partial charge in [0.2, 0.25) is 0 Å². The number of aromatic nitrogens is 2. The minimum atomic E-state index is -0.855. The van der Waals surface area contributed by atoms with Gasteiger partial charge in [0.15, 0.2) is 5.88 Å². The van der Waals surface area contributed by atoms with Crippen molar-refractivity contribution in [1.29, 1.82) is 0 Å². The summed E-state index contributed by atoms with van der Waals surface area (Å²) in [5.41, 5.74) is -1.61. The number of aromatic amines is 1. The monoisotopic (exact) mass is 306 g/mol. The summed E-state index contributed by atoms with van der Waals surface area (Å²) in [5, 5.41) is 9.46. The minimum Gasteiger partial charge on any atom is -0.494 e. The lowest BCUT2D eigenvalue weighted by molar-refractivity contribution is 0.446. The highest BCUT2D eigenvalue weighted by molar-refractivity contribution is 6.40. The molecule has 18 heavy (non-hydrogen) atoms. The fourth-order valence-electron chi connectivity index (χ4n) is 1.44. The third-order valence-electron chi connectivity index (χ3n) is 2.12. The first kappa shape index (κ1) is 13.0. The fourth-order valence-corrected chi connectivity index (χ4v) is 2.43. The van der Waals surface area contributed by atoms with Gasteiger partial charge in [-0.2, -0.15) is 0 Å². The van der Waals surface area contributed by atoms with Crippen molar-refractivity contribution in [2.24, 2.45) is 0 Å². The number of aromatic hydroxyl groups is 1. The molecule has 0 aliphatic rings. The van der Waals surface area contributed by atoms with Gasteiger partial charge in [0.05, 0.1) is 21.8 Å². The molecule has 0 saturated heterocycles. The van der Waals surface area contributed by atoms with Crippen molar-refractivity contribution in [2.45, 2.75) is 0 Å². The van der Waals surface area contributed by atoms with E-state index < -0.39 is 17.1 Å². The molecule has 0 aliphatic heterocycles. The molecular formula is C10H5Cl3N2O3. The molecule has 2 aromatic rings. The molecule has 0 spiro atoms. The Kier molecular flexibility index (Phi) is 3.38. The van der Waals surface area contributed by atoms with E-state index in [9.17, 15) is 9.59 Å². The second-order valence-electron chi connectivity index (χ2n) is 3.35. The van der Waals surface area contributed by atoms with E-state index in [4.69, 9.17) is 39.9 Å². The maximum atomic E-state index is 11.7. The number of hydrogen-bond donors (Lipinski definition) is 2. The first-order valence-corrected chi connectivity index (χ1v) is 5.74. The number of rotatable bonds is 1. The third-order valence-corrected chi connectivity index (χ3v) is 2.92. The highest BCUT2D eigenvalue weighted by atomic mass is 35.5. The molecule has 0 radical (unpaired) electrons. The average Bonchev–Trinajstić information content (AvgIpc) is 2.20. The zero-order valence-electron chi connectivity index (χ0n) is 8.58. The van der Waals surface area contributed by atoms with Crippen LogP contribution in [0.4, 0.5) is 0 Å². The van der Waals surface area contributed by atoms with Gasteiger partial charge in [-0.05, 0) is 12.1 Å². The van der Waals surface area contributed by atoms with Gasteiger partial charge in [0.25, 0.3) is 5.56 Å². The van der Waals surface area contributed by atoms with Crippen LogP contribution in [0.2, 0.25) is 15.1 Å². The van der Waals surface area contributed by atoms with Crippen LogP contribution in [-0.4, -0.2) is 14.7 Å². The van der Waals surface area contributed by atoms with E-state index in [1.807, 2.05) is 0 Å². The molecule has 1 heterocycles. The number of H-pyrrole nitrogens is 1. The van der Waals surface area contributed by atoms with Gasteiger partial charge in [-0.1, -0.05) is 34.8 Å². The van der Waals surface area contributed by atoms with Crippen molar-refractivity contribution < 1.29 is 5.11 Å². The summed E-state index contributed by atoms with van der Waals surface area (Å²) in [6.07, 6.45) is 0. The van der Waals surface area contributed by atoms with Crippen LogP contribution >= 0.6 is 34.8 Å². The lowest BCUT2D eigenvalue weighted by atomic mass is 10.3. The lowest BCUT2D eigenvalue weighted by Crippen LogP contribution is -2.33. The van der Waals surface area contributed by atoms with Crippen LogP contribution in [0.1, 0.15) is 0 Å². The molecule has 2 N–H and O–H groups in total. The first-order chi connectivity index (χ1) is 8.40. The van der Waals surface area contributed by atoms with E-state index in [0.29, 0.717) is 4.57 Å². The summed E-state index contributed by atoms with van der Waals surface area (Å²) < 4.78 is 0.709. The Balaban J connectivity index is 2.87. The van der Waals surface area contributed by atoms with Crippen LogP contribution in [-0.2, 0) is 0 Å². The average molecular weight is 308 g/mol. The Morgan fingerprint density at radius 3 is 2.11 bits per heavy atom. The van der Waals surface area contributed by atoms with Crippen LogP contribution in [0.15, 0.2) is 27.8 Å². The van der Waals surface area contributed by atoms with Crippen LogP contribution in [0.3, 0.4) is 0 Å². The number of benzene rings is 1. The predicted octanol–water partition coefficient (Wildman–Crippen LogP) is 2.19. The molecule has 0 fully saturated rings. The molecule has 2 rings (SSSR count). The van der Waals surface area contributed by atoms with E-state index >= 15 is 0 Å². The van der Waals surface area contributed by atoms with Crippen molar-refractivity contribution in [3.8, 4) is 11.6 Å². The van der Waals surface area contributed by atoms with Gasteiger partial charge < -0.3 is 5.11 Å². The van der Waals surface area contributed by atoms with Crippen molar-refractivity contribution in [2.75, 3.05) is 0 Å². The van der Waals surface area contributed by atoms with Crippen molar-refractivity contribution in [3.05, 3.63) is 54.1 Å². The highest BCUT2D eigenvalue weighted by Crippen LogP contribution is 2.30. The SMILES string of the molecule is O=c1cc(O)[nH]c(=O)n1-c1c(Cl)cc(Cl)cc1Cl. The molecule has 0 amide bonds. The summed E-state index contributed by atoms with van der Waals surface area (Å²) in [6, 6.07) is 3.54. The minimum absolute atomic E-state index is 0.00832. The van der Waals surface area contributed by atoms with E-state index in [2.05, 4.69) is 4.98 Å². The van der Waals surface area contributed by atoms with Crippen molar-refractivity contribution >= 4 is 34.8 Å². The van der Waals surface area contributed by atoms with Gasteiger partial charge in [-0.3, -0.25) is 9.78 Å². The molecule has 8 heteroatoms. The number of nitrogens with one attached hydrogen (secondary N) is 1. The van der Waals surface area contributed by atoms with Crippen LogP contribution < -0.4 is 11.2 Å². The van der Waals surface area contributed by atoms with Crippen molar-refractivity contribution in [3.63, 3.8) is 0 Å². The van der Waals surface area contributed by atoms with E-state index in [0.717, 1.165) is 6.07 Å². The molecule has 0 atom stereocenters. The molecule has 0 aliphatic carbocycles. The van der Waals surface area contributed by atoms with Gasteiger partial charge in [0.1, 0.15) is 0 Å². The quantitative estimate of drug-likeness (QED) is 0.848. The Morgan fingerprint density at radius 1 is 1.06 bits per heavy atom. The Hall–Kier alpha value is -1.43. The van der Waals surface area contributed by atoms with E-state index in [-0.39, 0.29) is 20.8 Å². The zero-order valence-corrected chi connectivity index (χ0v) is 10.8. The second kappa shape index (κ2) is 4.68. The molecule has 0 bridgehead atoms. The molecular weight excluding hydrogens is 302 g/mol. The summed E-state index contributed by atoms with van der Waals surface area (Å²) in [6.45, 7) is 0. The second-order valence-corrected chi connectivity index (χ2v) is 4.60. The molecule has 0 saturated carbocycles. The Labute approximate surface area is 115 Å². The predicted molar refractivity (Wildman–Crippen MR) is 69.4 cm³/mol. The summed E-state index contributed by atoms with van der Waals surface area (Å²) in [4.78, 5) is 25.4. The molecule has 5 nitrogen and oxygen atoms in total. The largest absolute Gasteiger partial charge is 0.494 e. The summed E-state index contributed by atoms with van der Waals surface area (Å²) >= 11 is 17.6. The maximum absolute atomic E-state index is 11.7. The standard InChI is InChI=1S/C10H5Cl3N2O3/c11-4-1-5(12)9(6(13)2-4)15-8(17)3-7(16)14-10(15)18/h1-3,16H,(H,14,18). The summed E-state index contributed by atoms with van der Waals surface area (Å²) in [7, 11) is 0. The van der Waals surface area contributed by atoms with Crippen molar-refractivity contribution in [1.82, 2.24) is 9.55 Å². The highest BCUT2D eigenvalue weighted by Gasteiger charge is 2.14. The Morgan fingerprint density at radius 2 is 1.61 bits per heavy atom. The summed E-state index contributed by atoms with van der Waals surface area (Å²) in [5.74, 6) is -0.539. The molecule has 94 valence electrons. The lowest BCUT2D eigenvalue weighted by Gasteiger charge is -2.09. The van der Waals surface area contributed by atoms with Gasteiger partial charge in [-0.25, -0.2) is 9.36 Å². The molecule has 0 unspecified atom stereocenters. The van der Waals surface area contributed by atoms with Gasteiger partial charge in [0, 0.05) is 5.02 Å². The molecule has 1 aromatic carbocycles. The van der Waals surface area contributed by atoms with Crippen LogP contribution in [0.5, 0.6) is 5.88 Å². The van der Waals surface area contributed by atoms with E-state index in [1.165, 1.54) is 12.1 Å². The maximum Gasteiger partial charge on any atom is 0.335 e. The third kappa shape index (κ3) is 2.25. The first-order valence-electron chi connectivity index (χ1n) is 4.60. The van der Waals surface area contributed by atoms with Gasteiger partial charge >= 0.3 is 5.69 Å². The van der Waals surface area contributed by atoms with Gasteiger partial charge in [-0.15, -0.1) is 0 Å². The number of halogens is 3. The Bertz CT molecular complexity index is 682. The number of hydrogen-bond acceptors (Lipinski definition) is 3. The van der Waals surface area contributed by atoms with E-state index in [1.54, 1.807) is 0 Å². The number of nitrogens with zero attached hydrogens (tertiary/aromatic N) is 1. The topological polar surface area (TPSA) is 75.1 Å². The van der Waals surface area contributed by atoms with Crippen LogP contribution in [0, 0.1) is 0 Å². The smallest absolute Gasteiger partial charge is 0.335 e. The zero-order chi connectivity index (χ0) is 13.4. The van der Waals surface area contributed by atoms with Crippen LogP contribution in [0.25, 0.3) is 5.69 Å². The normalized spacial score (nSPS) is 10.6. The fraction of sp³-hybridized carbons (Fsp3) is 0. The molecule has 1 aromatic heterocycles.